The van der Waals surface area contributed by atoms with Crippen LogP contribution in [0.4, 0.5) is 0 Å². The van der Waals surface area contributed by atoms with Gasteiger partial charge in [0.05, 0.1) is 6.10 Å². The lowest BCUT2D eigenvalue weighted by Gasteiger charge is -2.22. The summed E-state index contributed by atoms with van der Waals surface area (Å²) in [5.74, 6) is 0.337. The molecule has 0 aliphatic heterocycles. The van der Waals surface area contributed by atoms with Crippen LogP contribution >= 0.6 is 0 Å². The van der Waals surface area contributed by atoms with Crippen molar-refractivity contribution in [1.29, 1.82) is 0 Å². The van der Waals surface area contributed by atoms with Gasteiger partial charge in [0.15, 0.2) is 0 Å². The second-order valence-electron chi connectivity index (χ2n) is 5.77. The second kappa shape index (κ2) is 7.96. The monoisotopic (exact) mass is 283 g/mol. The molecule has 2 heteroatoms. The highest BCUT2D eigenvalue weighted by atomic mass is 16.3. The maximum Gasteiger partial charge on any atom is 0.0526 e. The number of rotatable bonds is 7. The minimum Gasteiger partial charge on any atom is -0.393 e. The van der Waals surface area contributed by atoms with Gasteiger partial charge in [-0.1, -0.05) is 60.7 Å². The van der Waals surface area contributed by atoms with E-state index in [1.54, 1.807) is 0 Å². The molecule has 0 saturated heterocycles. The predicted octanol–water partition coefficient (Wildman–Crippen LogP) is 3.57. The Bertz CT molecular complexity index is 470. The normalized spacial score (nSPS) is 14.1. The molecule has 0 spiro atoms. The van der Waals surface area contributed by atoms with Crippen molar-refractivity contribution in [2.24, 2.45) is 0 Å². The van der Waals surface area contributed by atoms with Crippen molar-refractivity contribution in [2.45, 2.75) is 38.3 Å². The number of aliphatic hydroxyl groups is 1. The van der Waals surface area contributed by atoms with E-state index < -0.39 is 0 Å². The number of hydrogen-bond acceptors (Lipinski definition) is 2. The van der Waals surface area contributed by atoms with Gasteiger partial charge in [-0.2, -0.15) is 0 Å². The average Bonchev–Trinajstić information content (AvgIpc) is 2.49. The maximum absolute atomic E-state index is 9.48. The van der Waals surface area contributed by atoms with Gasteiger partial charge in [-0.25, -0.2) is 0 Å². The van der Waals surface area contributed by atoms with Crippen molar-refractivity contribution in [3.63, 3.8) is 0 Å². The van der Waals surface area contributed by atoms with Crippen LogP contribution in [0.15, 0.2) is 60.7 Å². The van der Waals surface area contributed by atoms with E-state index in [2.05, 4.69) is 72.9 Å². The summed E-state index contributed by atoms with van der Waals surface area (Å²) in [5, 5.41) is 13.0. The SMILES string of the molecule is CC(O)CC(C)NCC(c1ccccc1)c1ccccc1. The van der Waals surface area contributed by atoms with Gasteiger partial charge in [0, 0.05) is 18.5 Å². The van der Waals surface area contributed by atoms with Crippen molar-refractivity contribution in [2.75, 3.05) is 6.54 Å². The minimum absolute atomic E-state index is 0.264. The van der Waals surface area contributed by atoms with E-state index in [0.29, 0.717) is 12.0 Å². The van der Waals surface area contributed by atoms with E-state index in [0.717, 1.165) is 13.0 Å². The van der Waals surface area contributed by atoms with E-state index in [1.165, 1.54) is 11.1 Å². The van der Waals surface area contributed by atoms with Crippen molar-refractivity contribution < 1.29 is 5.11 Å². The molecule has 2 unspecified atom stereocenters. The summed E-state index contributed by atoms with van der Waals surface area (Å²) in [5.41, 5.74) is 2.64. The molecule has 2 aromatic carbocycles. The lowest BCUT2D eigenvalue weighted by Crippen LogP contribution is -2.33. The topological polar surface area (TPSA) is 32.3 Å². The molecule has 0 aromatic heterocycles. The first-order valence-corrected chi connectivity index (χ1v) is 7.68. The summed E-state index contributed by atoms with van der Waals surface area (Å²) < 4.78 is 0. The Morgan fingerprint density at radius 3 is 1.76 bits per heavy atom. The van der Waals surface area contributed by atoms with Crippen LogP contribution in [0.2, 0.25) is 0 Å². The van der Waals surface area contributed by atoms with Crippen LogP contribution in [0, 0.1) is 0 Å². The fourth-order valence-electron chi connectivity index (χ4n) is 2.71. The molecule has 0 aliphatic carbocycles. The lowest BCUT2D eigenvalue weighted by molar-refractivity contribution is 0.170. The molecule has 0 heterocycles. The van der Waals surface area contributed by atoms with Gasteiger partial charge in [0.25, 0.3) is 0 Å². The zero-order valence-corrected chi connectivity index (χ0v) is 12.9. The maximum atomic E-state index is 9.48. The van der Waals surface area contributed by atoms with Gasteiger partial charge >= 0.3 is 0 Å². The van der Waals surface area contributed by atoms with Crippen molar-refractivity contribution >= 4 is 0 Å². The molecule has 0 radical (unpaired) electrons. The fourth-order valence-corrected chi connectivity index (χ4v) is 2.71. The molecule has 2 nitrogen and oxygen atoms in total. The zero-order valence-electron chi connectivity index (χ0n) is 12.9. The second-order valence-corrected chi connectivity index (χ2v) is 5.77. The average molecular weight is 283 g/mol. The lowest BCUT2D eigenvalue weighted by atomic mass is 9.91. The highest BCUT2D eigenvalue weighted by Crippen LogP contribution is 2.23. The first kappa shape index (κ1) is 15.7. The molecule has 2 N–H and O–H groups in total. The quantitative estimate of drug-likeness (QED) is 0.814. The standard InChI is InChI=1S/C19H25NO/c1-15(13-16(2)21)20-14-19(17-9-5-3-6-10-17)18-11-7-4-8-12-18/h3-12,15-16,19-21H,13-14H2,1-2H3. The Morgan fingerprint density at radius 1 is 0.857 bits per heavy atom. The molecule has 0 saturated carbocycles. The third-order valence-electron chi connectivity index (χ3n) is 3.77. The highest BCUT2D eigenvalue weighted by Gasteiger charge is 2.15. The van der Waals surface area contributed by atoms with Gasteiger partial charge in [0.1, 0.15) is 0 Å². The van der Waals surface area contributed by atoms with Gasteiger partial charge in [-0.15, -0.1) is 0 Å². The smallest absolute Gasteiger partial charge is 0.0526 e. The van der Waals surface area contributed by atoms with Crippen LogP contribution in [0.25, 0.3) is 0 Å². The van der Waals surface area contributed by atoms with E-state index in [9.17, 15) is 5.11 Å². The first-order chi connectivity index (χ1) is 10.2. The molecule has 112 valence electrons. The van der Waals surface area contributed by atoms with Crippen LogP contribution in [0.5, 0.6) is 0 Å². The summed E-state index contributed by atoms with van der Waals surface area (Å²) in [7, 11) is 0. The molecular formula is C19H25NO. The van der Waals surface area contributed by atoms with Crippen molar-refractivity contribution in [1.82, 2.24) is 5.32 Å². The Balaban J connectivity index is 2.10. The summed E-state index contributed by atoms with van der Waals surface area (Å²) in [4.78, 5) is 0. The van der Waals surface area contributed by atoms with Crippen molar-refractivity contribution in [3.8, 4) is 0 Å². The van der Waals surface area contributed by atoms with Gasteiger partial charge in [-0.3, -0.25) is 0 Å². The molecule has 0 bridgehead atoms. The Hall–Kier alpha value is -1.64. The molecule has 2 aromatic rings. The molecule has 2 rings (SSSR count). The molecular weight excluding hydrogens is 258 g/mol. The fraction of sp³-hybridized carbons (Fsp3) is 0.368. The Morgan fingerprint density at radius 2 is 1.33 bits per heavy atom. The summed E-state index contributed by atoms with van der Waals surface area (Å²) >= 11 is 0. The van der Waals surface area contributed by atoms with Crippen LogP contribution in [-0.2, 0) is 0 Å². The van der Waals surface area contributed by atoms with Crippen LogP contribution in [0.3, 0.4) is 0 Å². The number of nitrogens with one attached hydrogen (secondary N) is 1. The van der Waals surface area contributed by atoms with Gasteiger partial charge in [0.2, 0.25) is 0 Å². The number of hydrogen-bond donors (Lipinski definition) is 2. The van der Waals surface area contributed by atoms with Gasteiger partial charge in [-0.05, 0) is 31.4 Å². The number of benzene rings is 2. The predicted molar refractivity (Wildman–Crippen MR) is 88.5 cm³/mol. The van der Waals surface area contributed by atoms with E-state index in [1.807, 2.05) is 6.92 Å². The third kappa shape index (κ3) is 5.00. The molecule has 21 heavy (non-hydrogen) atoms. The Kier molecular flexibility index (Phi) is 5.97. The molecule has 2 atom stereocenters. The summed E-state index contributed by atoms with van der Waals surface area (Å²) in [6, 6.07) is 21.5. The van der Waals surface area contributed by atoms with E-state index >= 15 is 0 Å². The minimum atomic E-state index is -0.264. The largest absolute Gasteiger partial charge is 0.393 e. The first-order valence-electron chi connectivity index (χ1n) is 7.68. The summed E-state index contributed by atoms with van der Waals surface area (Å²) in [6.07, 6.45) is 0.510. The molecule has 0 amide bonds. The number of aliphatic hydroxyl groups excluding tert-OH is 1. The van der Waals surface area contributed by atoms with Crippen LogP contribution in [-0.4, -0.2) is 23.8 Å². The van der Waals surface area contributed by atoms with E-state index in [4.69, 9.17) is 0 Å². The van der Waals surface area contributed by atoms with Crippen molar-refractivity contribution in [3.05, 3.63) is 71.8 Å². The third-order valence-corrected chi connectivity index (χ3v) is 3.77. The van der Waals surface area contributed by atoms with Crippen LogP contribution < -0.4 is 5.32 Å². The highest BCUT2D eigenvalue weighted by molar-refractivity contribution is 5.32. The molecule has 0 aliphatic rings. The Labute approximate surface area is 127 Å². The summed E-state index contributed by atoms with van der Waals surface area (Å²) in [6.45, 7) is 4.84. The van der Waals surface area contributed by atoms with Gasteiger partial charge < -0.3 is 10.4 Å². The molecule has 0 fully saturated rings. The zero-order chi connectivity index (χ0) is 15.1. The van der Waals surface area contributed by atoms with E-state index in [-0.39, 0.29) is 6.10 Å². The van der Waals surface area contributed by atoms with Crippen LogP contribution in [0.1, 0.15) is 37.3 Å².